The van der Waals surface area contributed by atoms with E-state index in [1.54, 1.807) is 18.2 Å². The molecule has 1 aliphatic carbocycles. The van der Waals surface area contributed by atoms with Crippen molar-refractivity contribution in [2.24, 2.45) is 0 Å². The van der Waals surface area contributed by atoms with Crippen molar-refractivity contribution in [3.8, 4) is 5.75 Å². The molecule has 4 heteroatoms. The maximum atomic E-state index is 12.4. The van der Waals surface area contributed by atoms with E-state index in [1.807, 2.05) is 12.1 Å². The number of alkyl halides is 2. The molecule has 110 valence electrons. The van der Waals surface area contributed by atoms with Crippen LogP contribution in [-0.4, -0.2) is 11.7 Å². The first kappa shape index (κ1) is 14.0. The van der Waals surface area contributed by atoms with Crippen LogP contribution in [0, 0.1) is 0 Å². The van der Waals surface area contributed by atoms with Crippen LogP contribution in [0.3, 0.4) is 0 Å². The van der Waals surface area contributed by atoms with Gasteiger partial charge < -0.3 is 9.84 Å². The SMILES string of the molecule is OC(CC1Cc2ccccc21)c1ccccc1OC(F)F. The van der Waals surface area contributed by atoms with Crippen LogP contribution in [0.1, 0.15) is 35.1 Å². The normalized spacial score (nSPS) is 18.0. The summed E-state index contributed by atoms with van der Waals surface area (Å²) in [6, 6.07) is 14.5. The summed E-state index contributed by atoms with van der Waals surface area (Å²) in [6.45, 7) is -2.89. The second-order valence-corrected chi connectivity index (χ2v) is 5.27. The Balaban J connectivity index is 1.73. The van der Waals surface area contributed by atoms with Crippen LogP contribution >= 0.6 is 0 Å². The maximum absolute atomic E-state index is 12.4. The van der Waals surface area contributed by atoms with Gasteiger partial charge in [-0.2, -0.15) is 8.78 Å². The lowest BCUT2D eigenvalue weighted by atomic mass is 9.74. The van der Waals surface area contributed by atoms with E-state index in [4.69, 9.17) is 0 Å². The predicted molar refractivity (Wildman–Crippen MR) is 75.5 cm³/mol. The van der Waals surface area contributed by atoms with Gasteiger partial charge in [0.05, 0.1) is 6.10 Å². The molecule has 0 fully saturated rings. The molecule has 0 heterocycles. The van der Waals surface area contributed by atoms with Gasteiger partial charge in [-0.3, -0.25) is 0 Å². The number of rotatable bonds is 5. The molecule has 21 heavy (non-hydrogen) atoms. The Kier molecular flexibility index (Phi) is 3.88. The highest BCUT2D eigenvalue weighted by Crippen LogP contribution is 2.42. The van der Waals surface area contributed by atoms with E-state index >= 15 is 0 Å². The lowest BCUT2D eigenvalue weighted by Crippen LogP contribution is -2.19. The predicted octanol–water partition coefficient (Wildman–Crippen LogP) is 4.05. The summed E-state index contributed by atoms with van der Waals surface area (Å²) >= 11 is 0. The topological polar surface area (TPSA) is 29.5 Å². The number of hydrogen-bond acceptors (Lipinski definition) is 2. The number of fused-ring (bicyclic) bond motifs is 1. The first-order chi connectivity index (χ1) is 10.1. The Morgan fingerprint density at radius 2 is 1.81 bits per heavy atom. The second-order valence-electron chi connectivity index (χ2n) is 5.27. The molecule has 2 aromatic carbocycles. The minimum Gasteiger partial charge on any atom is -0.434 e. The molecule has 0 radical (unpaired) electrons. The third kappa shape index (κ3) is 2.90. The van der Waals surface area contributed by atoms with Gasteiger partial charge in [-0.05, 0) is 36.0 Å². The first-order valence-corrected chi connectivity index (χ1v) is 6.94. The molecule has 2 unspecified atom stereocenters. The van der Waals surface area contributed by atoms with Gasteiger partial charge in [0.15, 0.2) is 0 Å². The molecule has 0 saturated heterocycles. The zero-order valence-electron chi connectivity index (χ0n) is 11.4. The smallest absolute Gasteiger partial charge is 0.387 e. The molecule has 1 aliphatic rings. The number of halogens is 2. The minimum absolute atomic E-state index is 0.0487. The zero-order chi connectivity index (χ0) is 14.8. The van der Waals surface area contributed by atoms with Crippen molar-refractivity contribution in [3.63, 3.8) is 0 Å². The highest BCUT2D eigenvalue weighted by molar-refractivity contribution is 5.41. The van der Waals surface area contributed by atoms with Crippen molar-refractivity contribution in [2.75, 3.05) is 0 Å². The first-order valence-electron chi connectivity index (χ1n) is 6.94. The van der Waals surface area contributed by atoms with E-state index < -0.39 is 12.7 Å². The molecule has 2 atom stereocenters. The minimum atomic E-state index is -2.89. The average Bonchev–Trinajstić information content (AvgIpc) is 2.44. The van der Waals surface area contributed by atoms with Crippen molar-refractivity contribution in [2.45, 2.75) is 31.5 Å². The Morgan fingerprint density at radius 1 is 1.10 bits per heavy atom. The van der Waals surface area contributed by atoms with Gasteiger partial charge in [0.1, 0.15) is 5.75 Å². The number of ether oxygens (including phenoxy) is 1. The molecule has 0 bridgehead atoms. The van der Waals surface area contributed by atoms with E-state index in [0.29, 0.717) is 12.0 Å². The van der Waals surface area contributed by atoms with Crippen molar-refractivity contribution in [3.05, 3.63) is 65.2 Å². The van der Waals surface area contributed by atoms with Gasteiger partial charge in [-0.1, -0.05) is 42.5 Å². The number of aliphatic hydroxyl groups excluding tert-OH is 1. The number of benzene rings is 2. The fraction of sp³-hybridized carbons (Fsp3) is 0.294. The highest BCUT2D eigenvalue weighted by Gasteiger charge is 2.29. The molecular formula is C17H16F2O2. The van der Waals surface area contributed by atoms with Crippen molar-refractivity contribution in [1.82, 2.24) is 0 Å². The molecule has 0 amide bonds. The van der Waals surface area contributed by atoms with Gasteiger partial charge >= 0.3 is 6.61 Å². The molecule has 0 spiro atoms. The van der Waals surface area contributed by atoms with Gasteiger partial charge in [-0.25, -0.2) is 0 Å². The van der Waals surface area contributed by atoms with Gasteiger partial charge in [-0.15, -0.1) is 0 Å². The molecule has 1 N–H and O–H groups in total. The van der Waals surface area contributed by atoms with Crippen molar-refractivity contribution in [1.29, 1.82) is 0 Å². The van der Waals surface area contributed by atoms with E-state index in [2.05, 4.69) is 16.9 Å². The lowest BCUT2D eigenvalue weighted by Gasteiger charge is -2.32. The number of hydrogen-bond donors (Lipinski definition) is 1. The lowest BCUT2D eigenvalue weighted by molar-refractivity contribution is -0.0517. The molecule has 0 aromatic heterocycles. The standard InChI is InChI=1S/C17H16F2O2/c18-17(19)21-16-8-4-3-7-14(16)15(20)10-12-9-11-5-1-2-6-13(11)12/h1-8,12,15,17,20H,9-10H2. The van der Waals surface area contributed by atoms with Gasteiger partial charge in [0.2, 0.25) is 0 Å². The van der Waals surface area contributed by atoms with E-state index in [0.717, 1.165) is 6.42 Å². The highest BCUT2D eigenvalue weighted by atomic mass is 19.3. The third-order valence-electron chi connectivity index (χ3n) is 3.96. The molecule has 2 aromatic rings. The molecular weight excluding hydrogens is 274 g/mol. The largest absolute Gasteiger partial charge is 0.434 e. The molecule has 0 aliphatic heterocycles. The van der Waals surface area contributed by atoms with Gasteiger partial charge in [0, 0.05) is 5.56 Å². The number of aliphatic hydroxyl groups is 1. The van der Waals surface area contributed by atoms with Crippen LogP contribution in [0.4, 0.5) is 8.78 Å². The Bertz CT molecular complexity index is 628. The van der Waals surface area contributed by atoms with Crippen LogP contribution in [0.25, 0.3) is 0 Å². The Morgan fingerprint density at radius 3 is 2.57 bits per heavy atom. The van der Waals surface area contributed by atoms with Gasteiger partial charge in [0.25, 0.3) is 0 Å². The van der Waals surface area contributed by atoms with Crippen LogP contribution in [-0.2, 0) is 6.42 Å². The van der Waals surface area contributed by atoms with E-state index in [-0.39, 0.29) is 11.7 Å². The summed E-state index contributed by atoms with van der Waals surface area (Å²) < 4.78 is 29.3. The monoisotopic (exact) mass is 290 g/mol. The van der Waals surface area contributed by atoms with Crippen molar-refractivity contribution >= 4 is 0 Å². The van der Waals surface area contributed by atoms with E-state index in [1.165, 1.54) is 17.2 Å². The fourth-order valence-electron chi connectivity index (χ4n) is 2.93. The van der Waals surface area contributed by atoms with Crippen LogP contribution in [0.5, 0.6) is 5.75 Å². The summed E-state index contributed by atoms with van der Waals surface area (Å²) in [6.07, 6.45) is 0.629. The summed E-state index contributed by atoms with van der Waals surface area (Å²) in [5, 5.41) is 10.4. The summed E-state index contributed by atoms with van der Waals surface area (Å²) in [7, 11) is 0. The second kappa shape index (κ2) is 5.82. The fourth-order valence-corrected chi connectivity index (χ4v) is 2.93. The number of para-hydroxylation sites is 1. The Labute approximate surface area is 122 Å². The summed E-state index contributed by atoms with van der Waals surface area (Å²) in [4.78, 5) is 0. The van der Waals surface area contributed by atoms with Crippen LogP contribution in [0.15, 0.2) is 48.5 Å². The van der Waals surface area contributed by atoms with E-state index in [9.17, 15) is 13.9 Å². The van der Waals surface area contributed by atoms with Crippen LogP contribution in [0.2, 0.25) is 0 Å². The molecule has 2 nitrogen and oxygen atoms in total. The molecule has 0 saturated carbocycles. The van der Waals surface area contributed by atoms with Crippen molar-refractivity contribution < 1.29 is 18.6 Å². The third-order valence-corrected chi connectivity index (χ3v) is 3.96. The summed E-state index contributed by atoms with van der Waals surface area (Å²) in [5.41, 5.74) is 2.96. The molecule has 3 rings (SSSR count). The maximum Gasteiger partial charge on any atom is 0.387 e. The average molecular weight is 290 g/mol. The zero-order valence-corrected chi connectivity index (χ0v) is 11.4. The quantitative estimate of drug-likeness (QED) is 0.900. The summed E-state index contributed by atoms with van der Waals surface area (Å²) in [5.74, 6) is 0.323. The van der Waals surface area contributed by atoms with Crippen LogP contribution < -0.4 is 4.74 Å². The Hall–Kier alpha value is -1.94.